The minimum Gasteiger partial charge on any atom is -0.384 e. The molecule has 80 valence electrons. The van der Waals surface area contributed by atoms with E-state index in [0.29, 0.717) is 18.5 Å². The Balaban J connectivity index is 2.38. The van der Waals surface area contributed by atoms with Crippen molar-refractivity contribution in [3.63, 3.8) is 0 Å². The summed E-state index contributed by atoms with van der Waals surface area (Å²) in [5.74, 6) is 0. The minimum atomic E-state index is -0.879. The first kappa shape index (κ1) is 10.3. The summed E-state index contributed by atoms with van der Waals surface area (Å²) in [5.41, 5.74) is 0.450. The van der Waals surface area contributed by atoms with Gasteiger partial charge < -0.3 is 10.4 Å². The highest BCUT2D eigenvalue weighted by Gasteiger charge is 2.32. The molecule has 0 saturated carbocycles. The Kier molecular flexibility index (Phi) is 2.84. The van der Waals surface area contributed by atoms with Crippen molar-refractivity contribution in [2.24, 2.45) is 0 Å². The van der Waals surface area contributed by atoms with E-state index in [2.05, 4.69) is 5.32 Å². The molecule has 1 heterocycles. The predicted molar refractivity (Wildman–Crippen MR) is 57.8 cm³/mol. The molecule has 1 aliphatic rings. The molecular formula is C12H15NO2. The van der Waals surface area contributed by atoms with Gasteiger partial charge in [0.05, 0.1) is 0 Å². The highest BCUT2D eigenvalue weighted by Crippen LogP contribution is 2.29. The van der Waals surface area contributed by atoms with Crippen LogP contribution in [0, 0.1) is 0 Å². The molecule has 3 nitrogen and oxygen atoms in total. The van der Waals surface area contributed by atoms with Crippen LogP contribution < -0.4 is 5.32 Å². The van der Waals surface area contributed by atoms with E-state index in [1.165, 1.54) is 0 Å². The van der Waals surface area contributed by atoms with E-state index >= 15 is 0 Å². The smallest absolute Gasteiger partial charge is 0.150 e. The van der Waals surface area contributed by atoms with Crippen LogP contribution in [-0.2, 0) is 5.60 Å². The summed E-state index contributed by atoms with van der Waals surface area (Å²) in [4.78, 5) is 10.9. The second-order valence-corrected chi connectivity index (χ2v) is 4.02. The quantitative estimate of drug-likeness (QED) is 0.710. The number of carbonyl (C=O) groups is 1. The number of hydrogen-bond donors (Lipinski definition) is 2. The first-order valence-electron chi connectivity index (χ1n) is 5.24. The highest BCUT2D eigenvalue weighted by molar-refractivity contribution is 5.77. The van der Waals surface area contributed by atoms with Gasteiger partial charge in [0, 0.05) is 12.1 Å². The van der Waals surface area contributed by atoms with Crippen molar-refractivity contribution in [3.8, 4) is 0 Å². The number of piperidine rings is 1. The van der Waals surface area contributed by atoms with E-state index in [1.54, 1.807) is 6.07 Å². The predicted octanol–water partition coefficient (Wildman–Crippen LogP) is 1.07. The lowest BCUT2D eigenvalue weighted by atomic mass is 9.84. The lowest BCUT2D eigenvalue weighted by molar-refractivity contribution is 0.0117. The van der Waals surface area contributed by atoms with Gasteiger partial charge in [0.25, 0.3) is 0 Å². The largest absolute Gasteiger partial charge is 0.384 e. The number of rotatable bonds is 2. The topological polar surface area (TPSA) is 49.3 Å². The average molecular weight is 205 g/mol. The van der Waals surface area contributed by atoms with Crippen molar-refractivity contribution >= 4 is 6.29 Å². The number of aldehydes is 1. The zero-order chi connectivity index (χ0) is 10.7. The maximum absolute atomic E-state index is 10.9. The number of benzene rings is 1. The van der Waals surface area contributed by atoms with Crippen LogP contribution in [0.1, 0.15) is 28.8 Å². The molecule has 0 bridgehead atoms. The van der Waals surface area contributed by atoms with Crippen LogP contribution in [0.5, 0.6) is 0 Å². The molecule has 15 heavy (non-hydrogen) atoms. The molecule has 1 aromatic carbocycles. The third-order valence-electron chi connectivity index (χ3n) is 2.95. The van der Waals surface area contributed by atoms with Gasteiger partial charge in [0.1, 0.15) is 11.9 Å². The SMILES string of the molecule is O=Cc1ccccc1C1(O)CCCNC1. The fourth-order valence-electron chi connectivity index (χ4n) is 2.14. The summed E-state index contributed by atoms with van der Waals surface area (Å²) in [6.07, 6.45) is 2.45. The Bertz CT molecular complexity index is 356. The number of β-amino-alcohol motifs (C(OH)–C–C–N with tert-alkyl or cyclic N) is 1. The summed E-state index contributed by atoms with van der Waals surface area (Å²) >= 11 is 0. The van der Waals surface area contributed by atoms with Gasteiger partial charge in [-0.15, -0.1) is 0 Å². The Morgan fingerprint density at radius 1 is 1.40 bits per heavy atom. The van der Waals surface area contributed by atoms with Crippen molar-refractivity contribution in [1.29, 1.82) is 0 Å². The van der Waals surface area contributed by atoms with Crippen LogP contribution in [0.15, 0.2) is 24.3 Å². The van der Waals surface area contributed by atoms with Gasteiger partial charge in [0.2, 0.25) is 0 Å². The van der Waals surface area contributed by atoms with Crippen molar-refractivity contribution < 1.29 is 9.90 Å². The molecular weight excluding hydrogens is 190 g/mol. The average Bonchev–Trinajstić information content (AvgIpc) is 2.30. The Morgan fingerprint density at radius 3 is 2.87 bits per heavy atom. The molecule has 0 aliphatic carbocycles. The fraction of sp³-hybridized carbons (Fsp3) is 0.417. The van der Waals surface area contributed by atoms with Gasteiger partial charge in [-0.25, -0.2) is 0 Å². The maximum atomic E-state index is 10.9. The standard InChI is InChI=1S/C12H15NO2/c14-8-10-4-1-2-5-11(10)12(15)6-3-7-13-9-12/h1-2,4-5,8,13,15H,3,6-7,9H2. The lowest BCUT2D eigenvalue weighted by Crippen LogP contribution is -2.43. The summed E-state index contributed by atoms with van der Waals surface area (Å²) in [7, 11) is 0. The third kappa shape index (κ3) is 1.94. The summed E-state index contributed by atoms with van der Waals surface area (Å²) < 4.78 is 0. The minimum absolute atomic E-state index is 0.526. The second-order valence-electron chi connectivity index (χ2n) is 4.02. The molecule has 1 fully saturated rings. The molecule has 3 heteroatoms. The van der Waals surface area contributed by atoms with E-state index in [1.807, 2.05) is 18.2 Å². The Hall–Kier alpha value is -1.19. The van der Waals surface area contributed by atoms with Crippen LogP contribution in [0.3, 0.4) is 0 Å². The van der Waals surface area contributed by atoms with Gasteiger partial charge in [-0.2, -0.15) is 0 Å². The van der Waals surface area contributed by atoms with Crippen molar-refractivity contribution in [3.05, 3.63) is 35.4 Å². The van der Waals surface area contributed by atoms with Gasteiger partial charge >= 0.3 is 0 Å². The Labute approximate surface area is 89.1 Å². The van der Waals surface area contributed by atoms with Gasteiger partial charge in [-0.3, -0.25) is 4.79 Å². The monoisotopic (exact) mass is 205 g/mol. The Morgan fingerprint density at radius 2 is 2.20 bits per heavy atom. The highest BCUT2D eigenvalue weighted by atomic mass is 16.3. The van der Waals surface area contributed by atoms with E-state index < -0.39 is 5.60 Å². The molecule has 2 rings (SSSR count). The summed E-state index contributed by atoms with van der Waals surface area (Å²) in [6.45, 7) is 1.46. The molecule has 2 N–H and O–H groups in total. The molecule has 0 amide bonds. The molecule has 0 spiro atoms. The molecule has 1 saturated heterocycles. The molecule has 1 atom stereocenters. The maximum Gasteiger partial charge on any atom is 0.150 e. The zero-order valence-electron chi connectivity index (χ0n) is 8.57. The van der Waals surface area contributed by atoms with Crippen LogP contribution in [0.25, 0.3) is 0 Å². The molecule has 1 aliphatic heterocycles. The first-order chi connectivity index (χ1) is 7.26. The van der Waals surface area contributed by atoms with Gasteiger partial charge in [-0.1, -0.05) is 24.3 Å². The van der Waals surface area contributed by atoms with Gasteiger partial charge in [0.15, 0.2) is 0 Å². The van der Waals surface area contributed by atoms with E-state index in [-0.39, 0.29) is 0 Å². The van der Waals surface area contributed by atoms with Crippen LogP contribution in [-0.4, -0.2) is 24.5 Å². The number of hydrogen-bond acceptors (Lipinski definition) is 3. The van der Waals surface area contributed by atoms with Crippen molar-refractivity contribution in [2.75, 3.05) is 13.1 Å². The van der Waals surface area contributed by atoms with Crippen LogP contribution in [0.2, 0.25) is 0 Å². The van der Waals surface area contributed by atoms with Crippen LogP contribution in [0.4, 0.5) is 0 Å². The summed E-state index contributed by atoms with van der Waals surface area (Å²) in [5, 5.41) is 13.6. The summed E-state index contributed by atoms with van der Waals surface area (Å²) in [6, 6.07) is 7.24. The third-order valence-corrected chi connectivity index (χ3v) is 2.95. The number of nitrogens with one attached hydrogen (secondary N) is 1. The molecule has 0 radical (unpaired) electrons. The normalized spacial score (nSPS) is 26.2. The number of aliphatic hydroxyl groups is 1. The molecule has 1 aromatic rings. The van der Waals surface area contributed by atoms with Crippen LogP contribution >= 0.6 is 0 Å². The van der Waals surface area contributed by atoms with Crippen molar-refractivity contribution in [1.82, 2.24) is 5.32 Å². The molecule has 1 unspecified atom stereocenters. The van der Waals surface area contributed by atoms with E-state index in [9.17, 15) is 9.90 Å². The zero-order valence-corrected chi connectivity index (χ0v) is 8.57. The second kappa shape index (κ2) is 4.13. The fourth-order valence-corrected chi connectivity index (χ4v) is 2.14. The molecule has 0 aromatic heterocycles. The van der Waals surface area contributed by atoms with E-state index in [4.69, 9.17) is 0 Å². The first-order valence-corrected chi connectivity index (χ1v) is 5.24. The lowest BCUT2D eigenvalue weighted by Gasteiger charge is -2.33. The van der Waals surface area contributed by atoms with E-state index in [0.717, 1.165) is 24.8 Å². The van der Waals surface area contributed by atoms with Crippen molar-refractivity contribution in [2.45, 2.75) is 18.4 Å². The van der Waals surface area contributed by atoms with Gasteiger partial charge in [-0.05, 0) is 24.9 Å². The number of carbonyl (C=O) groups excluding carboxylic acids is 1.